The number of aliphatic hydroxyl groups is 1. The van der Waals surface area contributed by atoms with Gasteiger partial charge in [-0.1, -0.05) is 0 Å². The molecule has 21 heavy (non-hydrogen) atoms. The highest BCUT2D eigenvalue weighted by Crippen LogP contribution is 2.24. The zero-order chi connectivity index (χ0) is 16.2. The number of nitrogens with two attached hydrogens (primary N) is 1. The molecule has 9 heteroatoms. The van der Waals surface area contributed by atoms with Gasteiger partial charge in [-0.05, 0) is 0 Å². The minimum absolute atomic E-state index is 0.416. The molecular weight excluding hydrogens is 284 g/mol. The van der Waals surface area contributed by atoms with Gasteiger partial charge in [0.25, 0.3) is 0 Å². The highest BCUT2D eigenvalue weighted by molar-refractivity contribution is 5.73. The van der Waals surface area contributed by atoms with Crippen molar-refractivity contribution >= 4 is 17.8 Å². The fraction of sp³-hybridized carbons (Fsp3) is 0.750. The van der Waals surface area contributed by atoms with Crippen LogP contribution in [-0.4, -0.2) is 60.1 Å². The van der Waals surface area contributed by atoms with E-state index in [0.717, 1.165) is 0 Å². The van der Waals surface area contributed by atoms with E-state index in [4.69, 9.17) is 19.9 Å². The van der Waals surface area contributed by atoms with Gasteiger partial charge < -0.3 is 30.4 Å². The summed E-state index contributed by atoms with van der Waals surface area (Å²) in [5.74, 6) is -1.70. The number of carbonyl (C=O) groups excluding carboxylic acids is 3. The summed E-state index contributed by atoms with van der Waals surface area (Å²) in [5, 5.41) is 11.8. The maximum Gasteiger partial charge on any atom is 0.303 e. The summed E-state index contributed by atoms with van der Waals surface area (Å²) in [6.07, 6.45) is -4.12. The van der Waals surface area contributed by atoms with E-state index in [2.05, 4.69) is 5.32 Å². The maximum absolute atomic E-state index is 11.3. The molecule has 4 N–H and O–H groups in total. The zero-order valence-corrected chi connectivity index (χ0v) is 12.1. The molecule has 0 aromatic carbocycles. The average Bonchev–Trinajstić information content (AvgIpc) is 2.35. The van der Waals surface area contributed by atoms with Crippen LogP contribution in [0.3, 0.4) is 0 Å². The molecule has 0 aromatic rings. The van der Waals surface area contributed by atoms with Crippen LogP contribution >= 0.6 is 0 Å². The Morgan fingerprint density at radius 1 is 1.14 bits per heavy atom. The van der Waals surface area contributed by atoms with Crippen LogP contribution in [-0.2, 0) is 28.6 Å². The van der Waals surface area contributed by atoms with Crippen LogP contribution in [0.5, 0.6) is 0 Å². The first-order valence-electron chi connectivity index (χ1n) is 6.39. The van der Waals surface area contributed by atoms with E-state index in [1.807, 2.05) is 0 Å². The molecule has 120 valence electrons. The summed E-state index contributed by atoms with van der Waals surface area (Å²) in [7, 11) is 0. The smallest absolute Gasteiger partial charge is 0.303 e. The molecule has 5 atom stereocenters. The van der Waals surface area contributed by atoms with Crippen molar-refractivity contribution in [2.45, 2.75) is 51.4 Å². The number of nitrogens with one attached hydrogen (secondary N) is 1. The molecule has 1 saturated heterocycles. The van der Waals surface area contributed by atoms with Crippen LogP contribution in [0.4, 0.5) is 0 Å². The lowest BCUT2D eigenvalue weighted by molar-refractivity contribution is -0.220. The molecule has 1 fully saturated rings. The number of rotatable bonds is 4. The van der Waals surface area contributed by atoms with Crippen LogP contribution in [0.25, 0.3) is 0 Å². The Morgan fingerprint density at radius 2 is 1.67 bits per heavy atom. The lowest BCUT2D eigenvalue weighted by atomic mass is 9.95. The Balaban J connectivity index is 3.08. The second kappa shape index (κ2) is 7.34. The predicted molar refractivity (Wildman–Crippen MR) is 68.6 cm³/mol. The number of hydrogen-bond donors (Lipinski definition) is 3. The number of aliphatic hydroxyl groups excluding tert-OH is 1. The second-order valence-corrected chi connectivity index (χ2v) is 4.70. The summed E-state index contributed by atoms with van der Waals surface area (Å²) in [5.41, 5.74) is 5.77. The fourth-order valence-electron chi connectivity index (χ4n) is 2.18. The lowest BCUT2D eigenvalue weighted by Gasteiger charge is -2.43. The molecule has 1 heterocycles. The summed E-state index contributed by atoms with van der Waals surface area (Å²) in [6, 6.07) is -0.904. The predicted octanol–water partition coefficient (Wildman–Crippen LogP) is -1.97. The molecule has 9 nitrogen and oxygen atoms in total. The molecule has 1 amide bonds. The molecule has 0 radical (unpaired) electrons. The van der Waals surface area contributed by atoms with E-state index in [9.17, 15) is 19.5 Å². The molecule has 0 spiro atoms. The molecule has 0 bridgehead atoms. The minimum atomic E-state index is -1.08. The zero-order valence-electron chi connectivity index (χ0n) is 12.1. The van der Waals surface area contributed by atoms with E-state index in [1.165, 1.54) is 20.8 Å². The molecule has 1 rings (SSSR count). The molecule has 0 aliphatic carbocycles. The van der Waals surface area contributed by atoms with Gasteiger partial charge in [-0.2, -0.15) is 0 Å². The third kappa shape index (κ3) is 4.66. The summed E-state index contributed by atoms with van der Waals surface area (Å²) in [4.78, 5) is 33.7. The van der Waals surface area contributed by atoms with Gasteiger partial charge in [-0.3, -0.25) is 14.4 Å². The monoisotopic (exact) mass is 304 g/mol. The lowest BCUT2D eigenvalue weighted by Crippen LogP contribution is -2.68. The summed E-state index contributed by atoms with van der Waals surface area (Å²) >= 11 is 0. The van der Waals surface area contributed by atoms with Crippen molar-refractivity contribution in [3.05, 3.63) is 0 Å². The molecule has 0 aromatic heterocycles. The van der Waals surface area contributed by atoms with Crippen molar-refractivity contribution < 1.29 is 33.7 Å². The van der Waals surface area contributed by atoms with Crippen LogP contribution in [0, 0.1) is 0 Å². The SMILES string of the molecule is CC(=O)NC1C(N)OC(CO)C(OC(C)=O)C1OC(C)=O. The Labute approximate surface area is 121 Å². The largest absolute Gasteiger partial charge is 0.456 e. The van der Waals surface area contributed by atoms with Gasteiger partial charge in [0.15, 0.2) is 12.2 Å². The van der Waals surface area contributed by atoms with Gasteiger partial charge in [0.1, 0.15) is 18.4 Å². The summed E-state index contributed by atoms with van der Waals surface area (Å²) in [6.45, 7) is 3.11. The average molecular weight is 304 g/mol. The first-order chi connectivity index (χ1) is 9.76. The van der Waals surface area contributed by atoms with Crippen molar-refractivity contribution in [3.8, 4) is 0 Å². The van der Waals surface area contributed by atoms with Gasteiger partial charge in [-0.25, -0.2) is 0 Å². The normalized spacial score (nSPS) is 32.1. The highest BCUT2D eigenvalue weighted by atomic mass is 16.6. The standard InChI is InChI=1S/C12H20N2O7/c1-5(16)14-9-11(20-7(3)18)10(19-6(2)17)8(4-15)21-12(9)13/h8-12,15H,4,13H2,1-3H3,(H,14,16). The van der Waals surface area contributed by atoms with Crippen molar-refractivity contribution in [3.63, 3.8) is 0 Å². The van der Waals surface area contributed by atoms with E-state index in [1.54, 1.807) is 0 Å². The van der Waals surface area contributed by atoms with E-state index >= 15 is 0 Å². The Bertz CT molecular complexity index is 414. The molecule has 0 saturated carbocycles. The first-order valence-corrected chi connectivity index (χ1v) is 6.39. The van der Waals surface area contributed by atoms with Gasteiger partial charge in [-0.15, -0.1) is 0 Å². The quantitative estimate of drug-likeness (QED) is 0.509. The van der Waals surface area contributed by atoms with Crippen LogP contribution in [0.1, 0.15) is 20.8 Å². The molecule has 1 aliphatic rings. The van der Waals surface area contributed by atoms with Gasteiger partial charge in [0.05, 0.1) is 6.61 Å². The molecule has 1 aliphatic heterocycles. The third-order valence-corrected chi connectivity index (χ3v) is 2.88. The Morgan fingerprint density at radius 3 is 2.10 bits per heavy atom. The van der Waals surface area contributed by atoms with Crippen LogP contribution in [0.2, 0.25) is 0 Å². The Hall–Kier alpha value is -1.71. The van der Waals surface area contributed by atoms with Crippen molar-refractivity contribution in [2.75, 3.05) is 6.61 Å². The van der Waals surface area contributed by atoms with Crippen molar-refractivity contribution in [1.82, 2.24) is 5.32 Å². The third-order valence-electron chi connectivity index (χ3n) is 2.88. The van der Waals surface area contributed by atoms with E-state index < -0.39 is 55.0 Å². The summed E-state index contributed by atoms with van der Waals surface area (Å²) < 4.78 is 15.5. The van der Waals surface area contributed by atoms with Crippen LogP contribution in [0.15, 0.2) is 0 Å². The van der Waals surface area contributed by atoms with E-state index in [0.29, 0.717) is 0 Å². The Kier molecular flexibility index (Phi) is 6.06. The minimum Gasteiger partial charge on any atom is -0.456 e. The van der Waals surface area contributed by atoms with Crippen molar-refractivity contribution in [1.29, 1.82) is 0 Å². The van der Waals surface area contributed by atoms with Gasteiger partial charge >= 0.3 is 11.9 Å². The number of hydrogen-bond acceptors (Lipinski definition) is 8. The second-order valence-electron chi connectivity index (χ2n) is 4.70. The number of amides is 1. The van der Waals surface area contributed by atoms with Crippen LogP contribution < -0.4 is 11.1 Å². The number of carbonyl (C=O) groups is 3. The fourth-order valence-corrected chi connectivity index (χ4v) is 2.18. The molecule has 5 unspecified atom stereocenters. The van der Waals surface area contributed by atoms with Gasteiger partial charge in [0, 0.05) is 20.8 Å². The van der Waals surface area contributed by atoms with Crippen molar-refractivity contribution in [2.24, 2.45) is 5.73 Å². The highest BCUT2D eigenvalue weighted by Gasteiger charge is 2.48. The number of ether oxygens (including phenoxy) is 3. The number of esters is 2. The topological polar surface area (TPSA) is 137 Å². The first kappa shape index (κ1) is 17.3. The maximum atomic E-state index is 11.3. The van der Waals surface area contributed by atoms with E-state index in [-0.39, 0.29) is 0 Å². The molecular formula is C12H20N2O7. The van der Waals surface area contributed by atoms with Gasteiger partial charge in [0.2, 0.25) is 5.91 Å².